The predicted molar refractivity (Wildman–Crippen MR) is 90.1 cm³/mol. The fourth-order valence-electron chi connectivity index (χ4n) is 3.00. The number of fused-ring (bicyclic) bond motifs is 1. The molecule has 0 aliphatic carbocycles. The van der Waals surface area contributed by atoms with Crippen LogP contribution in [0.25, 0.3) is 5.69 Å². The van der Waals surface area contributed by atoms with Gasteiger partial charge >= 0.3 is 0 Å². The third kappa shape index (κ3) is 2.41. The van der Waals surface area contributed by atoms with Crippen molar-refractivity contribution >= 4 is 23.3 Å². The summed E-state index contributed by atoms with van der Waals surface area (Å²) in [6.45, 7) is 0. The van der Waals surface area contributed by atoms with Gasteiger partial charge in [-0.25, -0.2) is 4.98 Å². The number of imidazole rings is 1. The lowest BCUT2D eigenvalue weighted by molar-refractivity contribution is -0.116. The first-order valence-corrected chi connectivity index (χ1v) is 7.79. The number of amides is 1. The molecule has 5 heteroatoms. The summed E-state index contributed by atoms with van der Waals surface area (Å²) in [5.41, 5.74) is 2.76. The zero-order chi connectivity index (χ0) is 15.8. The van der Waals surface area contributed by atoms with Crippen LogP contribution in [0.2, 0.25) is 5.02 Å². The van der Waals surface area contributed by atoms with Gasteiger partial charge in [0.15, 0.2) is 0 Å². The van der Waals surface area contributed by atoms with Crippen molar-refractivity contribution < 1.29 is 4.79 Å². The van der Waals surface area contributed by atoms with E-state index in [-0.39, 0.29) is 11.8 Å². The van der Waals surface area contributed by atoms with Gasteiger partial charge in [0, 0.05) is 12.3 Å². The van der Waals surface area contributed by atoms with E-state index in [4.69, 9.17) is 11.6 Å². The van der Waals surface area contributed by atoms with E-state index in [1.807, 2.05) is 59.2 Å². The Morgan fingerprint density at radius 1 is 1.09 bits per heavy atom. The van der Waals surface area contributed by atoms with Crippen LogP contribution in [-0.4, -0.2) is 15.5 Å². The fraction of sp³-hybridized carbons (Fsp3) is 0.111. The Balaban J connectivity index is 1.85. The molecule has 1 atom stereocenters. The van der Waals surface area contributed by atoms with Crippen molar-refractivity contribution in [2.24, 2.45) is 0 Å². The van der Waals surface area contributed by atoms with Crippen LogP contribution in [0.5, 0.6) is 0 Å². The number of aromatic nitrogens is 2. The predicted octanol–water partition coefficient (Wildman–Crippen LogP) is 4.00. The highest BCUT2D eigenvalue weighted by Crippen LogP contribution is 2.38. The number of para-hydroxylation sites is 1. The van der Waals surface area contributed by atoms with E-state index in [1.54, 1.807) is 6.33 Å². The van der Waals surface area contributed by atoms with Crippen molar-refractivity contribution in [1.29, 1.82) is 0 Å². The largest absolute Gasteiger partial charge is 0.310 e. The summed E-state index contributed by atoms with van der Waals surface area (Å²) in [6, 6.07) is 17.5. The van der Waals surface area contributed by atoms with Gasteiger partial charge in [0.1, 0.15) is 12.1 Å². The lowest BCUT2D eigenvalue weighted by Crippen LogP contribution is -2.24. The number of nitrogens with one attached hydrogen (secondary N) is 1. The molecule has 0 saturated heterocycles. The molecule has 1 amide bonds. The number of hydrogen-bond donors (Lipinski definition) is 1. The maximum atomic E-state index is 12.2. The summed E-state index contributed by atoms with van der Waals surface area (Å²) in [5.74, 6) is 0.645. The maximum Gasteiger partial charge on any atom is 0.226 e. The van der Waals surface area contributed by atoms with Crippen LogP contribution in [-0.2, 0) is 4.79 Å². The summed E-state index contributed by atoms with van der Waals surface area (Å²) < 4.78 is 1.84. The van der Waals surface area contributed by atoms with Gasteiger partial charge < -0.3 is 5.32 Å². The summed E-state index contributed by atoms with van der Waals surface area (Å²) in [7, 11) is 0. The molecule has 1 N–H and O–H groups in total. The average molecular weight is 324 g/mol. The highest BCUT2D eigenvalue weighted by Gasteiger charge is 2.31. The molecule has 1 aromatic heterocycles. The molecule has 3 aromatic rings. The number of rotatable bonds is 2. The number of benzene rings is 2. The van der Waals surface area contributed by atoms with Gasteiger partial charge in [-0.1, -0.05) is 54.1 Å². The number of carbonyl (C=O) groups excluding carboxylic acids is 1. The van der Waals surface area contributed by atoms with Crippen LogP contribution in [0.4, 0.5) is 5.82 Å². The molecule has 1 unspecified atom stereocenters. The quantitative estimate of drug-likeness (QED) is 0.775. The third-order valence-electron chi connectivity index (χ3n) is 4.09. The molecule has 2 heterocycles. The zero-order valence-electron chi connectivity index (χ0n) is 12.2. The maximum absolute atomic E-state index is 12.2. The molecule has 1 aliphatic rings. The normalized spacial score (nSPS) is 16.7. The summed E-state index contributed by atoms with van der Waals surface area (Å²) in [4.78, 5) is 16.7. The molecule has 0 saturated carbocycles. The fourth-order valence-corrected chi connectivity index (χ4v) is 3.22. The van der Waals surface area contributed by atoms with Gasteiger partial charge in [0.2, 0.25) is 5.91 Å². The van der Waals surface area contributed by atoms with Crippen LogP contribution in [0.3, 0.4) is 0 Å². The van der Waals surface area contributed by atoms with Crippen molar-refractivity contribution in [3.05, 3.63) is 77.2 Å². The molecule has 0 radical (unpaired) electrons. The Morgan fingerprint density at radius 3 is 2.61 bits per heavy atom. The minimum absolute atomic E-state index is 0.0137. The van der Waals surface area contributed by atoms with Crippen LogP contribution < -0.4 is 5.32 Å². The summed E-state index contributed by atoms with van der Waals surface area (Å²) >= 11 is 6.29. The Bertz CT molecular complexity index is 873. The number of carbonyl (C=O) groups is 1. The van der Waals surface area contributed by atoms with Crippen LogP contribution in [0.15, 0.2) is 60.9 Å². The molecule has 23 heavy (non-hydrogen) atoms. The summed E-state index contributed by atoms with van der Waals surface area (Å²) in [5, 5.41) is 3.55. The van der Waals surface area contributed by atoms with E-state index in [9.17, 15) is 4.79 Å². The molecule has 1 aliphatic heterocycles. The second-order valence-corrected chi connectivity index (χ2v) is 5.92. The van der Waals surface area contributed by atoms with Crippen molar-refractivity contribution in [2.45, 2.75) is 12.3 Å². The van der Waals surface area contributed by atoms with E-state index in [1.165, 1.54) is 0 Å². The minimum atomic E-state index is -0.0383. The van der Waals surface area contributed by atoms with Gasteiger partial charge in [0.05, 0.1) is 16.4 Å². The Hall–Kier alpha value is -2.59. The van der Waals surface area contributed by atoms with Crippen molar-refractivity contribution in [3.8, 4) is 5.69 Å². The molecular formula is C18H14ClN3O. The van der Waals surface area contributed by atoms with Crippen molar-refractivity contribution in [3.63, 3.8) is 0 Å². The van der Waals surface area contributed by atoms with Gasteiger partial charge in [0.25, 0.3) is 0 Å². The van der Waals surface area contributed by atoms with Crippen LogP contribution >= 0.6 is 11.6 Å². The number of hydrogen-bond acceptors (Lipinski definition) is 2. The molecule has 114 valence electrons. The number of anilines is 1. The van der Waals surface area contributed by atoms with E-state index in [0.717, 1.165) is 16.9 Å². The zero-order valence-corrected chi connectivity index (χ0v) is 13.0. The third-order valence-corrected chi connectivity index (χ3v) is 4.41. The highest BCUT2D eigenvalue weighted by atomic mass is 35.5. The van der Waals surface area contributed by atoms with Gasteiger partial charge in [-0.15, -0.1) is 0 Å². The molecular weight excluding hydrogens is 310 g/mol. The lowest BCUT2D eigenvalue weighted by atomic mass is 9.90. The first-order valence-electron chi connectivity index (χ1n) is 7.41. The lowest BCUT2D eigenvalue weighted by Gasteiger charge is -2.23. The molecule has 0 spiro atoms. The van der Waals surface area contributed by atoms with Crippen molar-refractivity contribution in [2.75, 3.05) is 5.32 Å². The van der Waals surface area contributed by atoms with Gasteiger partial charge in [-0.05, 0) is 17.7 Å². The molecule has 2 aromatic carbocycles. The molecule has 0 bridgehead atoms. The van der Waals surface area contributed by atoms with E-state index in [2.05, 4.69) is 10.3 Å². The molecule has 4 rings (SSSR count). The Labute approximate surface area is 138 Å². The first-order chi connectivity index (χ1) is 11.2. The molecule has 0 fully saturated rings. The monoisotopic (exact) mass is 323 g/mol. The number of halogens is 1. The average Bonchev–Trinajstić information content (AvgIpc) is 2.99. The van der Waals surface area contributed by atoms with Gasteiger partial charge in [-0.2, -0.15) is 0 Å². The second-order valence-electron chi connectivity index (χ2n) is 5.52. The van der Waals surface area contributed by atoms with Gasteiger partial charge in [-0.3, -0.25) is 9.36 Å². The topological polar surface area (TPSA) is 46.9 Å². The molecule has 4 nitrogen and oxygen atoms in total. The summed E-state index contributed by atoms with van der Waals surface area (Å²) in [6.07, 6.45) is 2.12. The van der Waals surface area contributed by atoms with Crippen molar-refractivity contribution in [1.82, 2.24) is 9.55 Å². The number of nitrogens with zero attached hydrogens (tertiary/aromatic N) is 2. The standard InChI is InChI=1S/C18H14ClN3O/c19-14-8-4-5-9-15(14)22-11-20-17-13(10-16(23)21-18(17)22)12-6-2-1-3-7-12/h1-9,11,13H,10H2,(H,21,23). The second kappa shape index (κ2) is 5.56. The smallest absolute Gasteiger partial charge is 0.226 e. The SMILES string of the molecule is O=C1CC(c2ccccc2)c2ncn(-c3ccccc3Cl)c2N1. The van der Waals surface area contributed by atoms with Crippen LogP contribution in [0.1, 0.15) is 23.6 Å². The van der Waals surface area contributed by atoms with E-state index >= 15 is 0 Å². The van der Waals surface area contributed by atoms with E-state index < -0.39 is 0 Å². The Morgan fingerprint density at radius 2 is 1.83 bits per heavy atom. The highest BCUT2D eigenvalue weighted by molar-refractivity contribution is 6.32. The first kappa shape index (κ1) is 14.0. The van der Waals surface area contributed by atoms with E-state index in [0.29, 0.717) is 17.3 Å². The minimum Gasteiger partial charge on any atom is -0.310 e. The van der Waals surface area contributed by atoms with Crippen LogP contribution in [0, 0.1) is 0 Å². The Kier molecular flexibility index (Phi) is 3.39.